The quantitative estimate of drug-likeness (QED) is 0.743. The van der Waals surface area contributed by atoms with E-state index in [9.17, 15) is 4.79 Å². The molecule has 124 valence electrons. The molecule has 1 N–H and O–H groups in total. The van der Waals surface area contributed by atoms with Gasteiger partial charge in [0.15, 0.2) is 5.65 Å². The summed E-state index contributed by atoms with van der Waals surface area (Å²) < 4.78 is 8.01. The van der Waals surface area contributed by atoms with Gasteiger partial charge in [-0.05, 0) is 47.5 Å². The molecule has 5 nitrogen and oxygen atoms in total. The van der Waals surface area contributed by atoms with E-state index in [0.717, 1.165) is 27.0 Å². The highest BCUT2D eigenvalue weighted by molar-refractivity contribution is 9.10. The number of imidazole rings is 1. The van der Waals surface area contributed by atoms with Crippen LogP contribution in [0.25, 0.3) is 5.65 Å². The minimum atomic E-state index is -0.164. The summed E-state index contributed by atoms with van der Waals surface area (Å²) in [6.45, 7) is 4.21. The van der Waals surface area contributed by atoms with Gasteiger partial charge in [0.2, 0.25) is 0 Å². The number of aryl methyl sites for hydroxylation is 2. The molecule has 0 spiro atoms. The number of nitrogens with zero attached hydrogens (tertiary/aromatic N) is 2. The third kappa shape index (κ3) is 3.01. The number of methoxy groups -OCH3 is 1. The molecule has 24 heavy (non-hydrogen) atoms. The number of carbonyl (C=O) groups is 1. The van der Waals surface area contributed by atoms with Gasteiger partial charge in [-0.25, -0.2) is 4.98 Å². The number of halogens is 1. The van der Waals surface area contributed by atoms with E-state index in [1.54, 1.807) is 7.11 Å². The van der Waals surface area contributed by atoms with E-state index in [1.165, 1.54) is 0 Å². The lowest BCUT2D eigenvalue weighted by Gasteiger charge is -2.10. The van der Waals surface area contributed by atoms with Crippen molar-refractivity contribution in [1.29, 1.82) is 0 Å². The topological polar surface area (TPSA) is 55.6 Å². The molecular weight excluding hydrogens is 370 g/mol. The second-order valence-corrected chi connectivity index (χ2v) is 6.45. The van der Waals surface area contributed by atoms with Crippen molar-refractivity contribution in [1.82, 2.24) is 14.7 Å². The van der Waals surface area contributed by atoms with Gasteiger partial charge < -0.3 is 10.1 Å². The zero-order valence-corrected chi connectivity index (χ0v) is 15.3. The molecule has 0 fully saturated rings. The van der Waals surface area contributed by atoms with Crippen molar-refractivity contribution >= 4 is 27.5 Å². The summed E-state index contributed by atoms with van der Waals surface area (Å²) in [7, 11) is 1.62. The largest absolute Gasteiger partial charge is 0.496 e. The second kappa shape index (κ2) is 6.65. The molecule has 3 aromatic rings. The van der Waals surface area contributed by atoms with Crippen LogP contribution in [0, 0.1) is 13.8 Å². The van der Waals surface area contributed by atoms with Gasteiger partial charge in [0.25, 0.3) is 5.91 Å². The van der Waals surface area contributed by atoms with E-state index in [4.69, 9.17) is 4.74 Å². The van der Waals surface area contributed by atoms with E-state index < -0.39 is 0 Å². The zero-order chi connectivity index (χ0) is 17.3. The maximum atomic E-state index is 12.7. The zero-order valence-electron chi connectivity index (χ0n) is 13.8. The van der Waals surface area contributed by atoms with E-state index in [0.29, 0.717) is 17.9 Å². The molecule has 0 saturated heterocycles. The molecule has 2 aromatic heterocycles. The summed E-state index contributed by atoms with van der Waals surface area (Å²) in [5, 5.41) is 2.95. The molecule has 0 bridgehead atoms. The first-order valence-corrected chi connectivity index (χ1v) is 8.35. The monoisotopic (exact) mass is 387 g/mol. The summed E-state index contributed by atoms with van der Waals surface area (Å²) in [6, 6.07) is 9.62. The number of aromatic nitrogens is 2. The summed E-state index contributed by atoms with van der Waals surface area (Å²) in [5.74, 6) is 0.592. The highest BCUT2D eigenvalue weighted by atomic mass is 79.9. The Labute approximate surface area is 148 Å². The van der Waals surface area contributed by atoms with Crippen LogP contribution in [-0.4, -0.2) is 22.4 Å². The molecular formula is C18H18BrN3O2. The third-order valence-electron chi connectivity index (χ3n) is 3.83. The van der Waals surface area contributed by atoms with Crippen LogP contribution in [0.4, 0.5) is 0 Å². The van der Waals surface area contributed by atoms with Crippen molar-refractivity contribution in [3.05, 3.63) is 63.5 Å². The summed E-state index contributed by atoms with van der Waals surface area (Å²) >= 11 is 3.51. The number of benzene rings is 1. The lowest BCUT2D eigenvalue weighted by Crippen LogP contribution is -2.25. The number of carbonyl (C=O) groups excluding carboxylic acids is 1. The van der Waals surface area contributed by atoms with Gasteiger partial charge in [0.1, 0.15) is 11.4 Å². The number of ether oxygens (including phenoxy) is 1. The SMILES string of the molecule is COc1ccccc1CNC(=O)c1c(C)nc2c(Br)cc(C)cn12. The first-order valence-electron chi connectivity index (χ1n) is 7.56. The van der Waals surface area contributed by atoms with Crippen molar-refractivity contribution in [2.24, 2.45) is 0 Å². The second-order valence-electron chi connectivity index (χ2n) is 5.60. The van der Waals surface area contributed by atoms with Crippen molar-refractivity contribution in [3.63, 3.8) is 0 Å². The Balaban J connectivity index is 1.90. The van der Waals surface area contributed by atoms with Crippen LogP contribution in [0.5, 0.6) is 5.75 Å². The minimum absolute atomic E-state index is 0.164. The van der Waals surface area contributed by atoms with E-state index in [2.05, 4.69) is 26.2 Å². The fraction of sp³-hybridized carbons (Fsp3) is 0.222. The van der Waals surface area contributed by atoms with E-state index in [-0.39, 0.29) is 5.91 Å². The number of hydrogen-bond acceptors (Lipinski definition) is 3. The molecule has 0 atom stereocenters. The highest BCUT2D eigenvalue weighted by Crippen LogP contribution is 2.22. The minimum Gasteiger partial charge on any atom is -0.496 e. The first kappa shape index (κ1) is 16.5. The van der Waals surface area contributed by atoms with Gasteiger partial charge in [0.05, 0.1) is 17.3 Å². The van der Waals surface area contributed by atoms with Crippen molar-refractivity contribution in [3.8, 4) is 5.75 Å². The highest BCUT2D eigenvalue weighted by Gasteiger charge is 2.18. The van der Waals surface area contributed by atoms with E-state index >= 15 is 0 Å². The predicted molar refractivity (Wildman–Crippen MR) is 96.5 cm³/mol. The number of fused-ring (bicyclic) bond motifs is 1. The number of hydrogen-bond donors (Lipinski definition) is 1. The van der Waals surface area contributed by atoms with Crippen LogP contribution in [0.2, 0.25) is 0 Å². The van der Waals surface area contributed by atoms with Crippen LogP contribution in [0.1, 0.15) is 27.3 Å². The molecule has 0 aliphatic heterocycles. The van der Waals surface area contributed by atoms with Crippen LogP contribution >= 0.6 is 15.9 Å². The number of amides is 1. The Morgan fingerprint density at radius 2 is 2.08 bits per heavy atom. The maximum Gasteiger partial charge on any atom is 0.270 e. The van der Waals surface area contributed by atoms with Gasteiger partial charge in [-0.3, -0.25) is 9.20 Å². The van der Waals surface area contributed by atoms with Crippen molar-refractivity contribution in [2.75, 3.05) is 7.11 Å². The average molecular weight is 388 g/mol. The predicted octanol–water partition coefficient (Wildman–Crippen LogP) is 3.65. The van der Waals surface area contributed by atoms with E-state index in [1.807, 2.05) is 54.8 Å². The van der Waals surface area contributed by atoms with Crippen LogP contribution < -0.4 is 10.1 Å². The fourth-order valence-corrected chi connectivity index (χ4v) is 3.37. The standard InChI is InChI=1S/C18H18BrN3O2/c1-11-8-14(19)17-21-12(2)16(22(17)10-11)18(23)20-9-13-6-4-5-7-15(13)24-3/h4-8,10H,9H2,1-3H3,(H,20,23). The molecule has 0 saturated carbocycles. The Hall–Kier alpha value is -2.34. The summed E-state index contributed by atoms with van der Waals surface area (Å²) in [6.07, 6.45) is 1.91. The number of nitrogens with one attached hydrogen (secondary N) is 1. The smallest absolute Gasteiger partial charge is 0.270 e. The summed E-state index contributed by atoms with van der Waals surface area (Å²) in [4.78, 5) is 17.2. The molecule has 0 radical (unpaired) electrons. The molecule has 0 unspecified atom stereocenters. The molecule has 0 aliphatic carbocycles. The molecule has 1 amide bonds. The van der Waals surface area contributed by atoms with Gasteiger partial charge in [-0.15, -0.1) is 0 Å². The Kier molecular flexibility index (Phi) is 4.57. The number of para-hydroxylation sites is 1. The lowest BCUT2D eigenvalue weighted by atomic mass is 10.2. The Bertz CT molecular complexity index is 918. The third-order valence-corrected chi connectivity index (χ3v) is 4.42. The van der Waals surface area contributed by atoms with Crippen LogP contribution in [0.15, 0.2) is 41.0 Å². The van der Waals surface area contributed by atoms with Crippen molar-refractivity contribution < 1.29 is 9.53 Å². The van der Waals surface area contributed by atoms with Gasteiger partial charge in [-0.1, -0.05) is 18.2 Å². The lowest BCUT2D eigenvalue weighted by molar-refractivity contribution is 0.0944. The fourth-order valence-electron chi connectivity index (χ4n) is 2.73. The number of rotatable bonds is 4. The normalized spacial score (nSPS) is 10.8. The molecule has 0 aliphatic rings. The molecule has 1 aromatic carbocycles. The van der Waals surface area contributed by atoms with Crippen LogP contribution in [-0.2, 0) is 6.54 Å². The van der Waals surface area contributed by atoms with Gasteiger partial charge in [0, 0.05) is 18.3 Å². The average Bonchev–Trinajstić information content (AvgIpc) is 2.89. The Morgan fingerprint density at radius 3 is 2.83 bits per heavy atom. The first-order chi connectivity index (χ1) is 11.5. The number of pyridine rings is 1. The van der Waals surface area contributed by atoms with Crippen molar-refractivity contribution in [2.45, 2.75) is 20.4 Å². The van der Waals surface area contributed by atoms with Gasteiger partial charge >= 0.3 is 0 Å². The van der Waals surface area contributed by atoms with Crippen LogP contribution in [0.3, 0.4) is 0 Å². The maximum absolute atomic E-state index is 12.7. The molecule has 2 heterocycles. The molecule has 3 rings (SSSR count). The van der Waals surface area contributed by atoms with Gasteiger partial charge in [-0.2, -0.15) is 0 Å². The summed E-state index contributed by atoms with van der Waals surface area (Å²) in [5.41, 5.74) is 3.95. The molecule has 6 heteroatoms. The Morgan fingerprint density at radius 1 is 1.33 bits per heavy atom.